The predicted molar refractivity (Wildman–Crippen MR) is 133 cm³/mol. The molecule has 4 aliphatic rings. The van der Waals surface area contributed by atoms with E-state index in [4.69, 9.17) is 0 Å². The first-order chi connectivity index (χ1) is 15.7. The van der Waals surface area contributed by atoms with E-state index < -0.39 is 15.6 Å². The molecule has 0 unspecified atom stereocenters. The second-order valence-corrected chi connectivity index (χ2v) is 12.6. The van der Waals surface area contributed by atoms with Crippen molar-refractivity contribution >= 4 is 28.1 Å². The van der Waals surface area contributed by atoms with E-state index in [1.54, 1.807) is 6.07 Å². The van der Waals surface area contributed by atoms with E-state index in [1.807, 2.05) is 12.1 Å². The fourth-order valence-electron chi connectivity index (χ4n) is 6.83. The van der Waals surface area contributed by atoms with Crippen LogP contribution in [0.15, 0.2) is 42.5 Å². The molecule has 0 bridgehead atoms. The zero-order valence-electron chi connectivity index (χ0n) is 19.3. The normalized spacial score (nSPS) is 29.3. The van der Waals surface area contributed by atoms with E-state index in [2.05, 4.69) is 28.7 Å². The molecule has 3 fully saturated rings. The lowest BCUT2D eigenvalue weighted by Gasteiger charge is -2.32. The van der Waals surface area contributed by atoms with Gasteiger partial charge in [-0.2, -0.15) is 0 Å². The predicted octanol–water partition coefficient (Wildman–Crippen LogP) is 3.89. The van der Waals surface area contributed by atoms with E-state index in [9.17, 15) is 13.5 Å². The van der Waals surface area contributed by atoms with Crippen LogP contribution in [-0.2, 0) is 28.3 Å². The van der Waals surface area contributed by atoms with Crippen LogP contribution in [0.5, 0.6) is 0 Å². The zero-order valence-corrected chi connectivity index (χ0v) is 21.0. The fourth-order valence-corrected chi connectivity index (χ4v) is 8.21. The van der Waals surface area contributed by atoms with E-state index in [0.29, 0.717) is 55.3 Å². The van der Waals surface area contributed by atoms with E-state index in [1.165, 1.54) is 23.3 Å². The number of sulfonamides is 1. The molecule has 1 heterocycles. The Balaban J connectivity index is 0.00000241. The highest BCUT2D eigenvalue weighted by atomic mass is 35.5. The van der Waals surface area contributed by atoms with Crippen molar-refractivity contribution in [2.75, 3.05) is 24.4 Å². The number of hydrogen-bond donors (Lipinski definition) is 2. The Kier molecular flexibility index (Phi) is 5.79. The van der Waals surface area contributed by atoms with Crippen LogP contribution >= 0.6 is 12.4 Å². The highest BCUT2D eigenvalue weighted by Crippen LogP contribution is 2.66. The molecule has 0 radical (unpaired) electrons. The van der Waals surface area contributed by atoms with Gasteiger partial charge in [-0.1, -0.05) is 31.2 Å². The molecule has 2 aromatic rings. The van der Waals surface area contributed by atoms with Gasteiger partial charge >= 0.3 is 0 Å². The molecule has 1 saturated heterocycles. The Morgan fingerprint density at radius 1 is 1.09 bits per heavy atom. The maximum absolute atomic E-state index is 15.0. The summed E-state index contributed by atoms with van der Waals surface area (Å²) >= 11 is 0. The minimum atomic E-state index is -3.38. The average molecular weight is 507 g/mol. The molecule has 6 rings (SSSR count). The number of likely N-dealkylation sites (tertiary alicyclic amines) is 1. The van der Waals surface area contributed by atoms with Crippen molar-refractivity contribution in [3.63, 3.8) is 0 Å². The monoisotopic (exact) mass is 506 g/mol. The van der Waals surface area contributed by atoms with Gasteiger partial charge in [0.15, 0.2) is 0 Å². The fraction of sp³-hybridized carbons (Fsp3) is 0.538. The number of nitrogens with one attached hydrogen (secondary N) is 1. The summed E-state index contributed by atoms with van der Waals surface area (Å²) < 4.78 is 42.4. The SMILES string of the molecule is CC[C@@]1(c2cc(NS(=O)(=O)C3CC3)ccc2F)[C@@H]2CN(CC3(O)Cc4ccccc4C3)C[C@@H]21.Cl. The molecule has 3 atom stereocenters. The number of fused-ring (bicyclic) bond motifs is 2. The minimum absolute atomic E-state index is 0. The molecule has 2 aromatic carbocycles. The molecule has 8 heteroatoms. The Morgan fingerprint density at radius 2 is 1.71 bits per heavy atom. The van der Waals surface area contributed by atoms with Gasteiger partial charge in [-0.15, -0.1) is 12.4 Å². The molecular weight excluding hydrogens is 475 g/mol. The number of halogens is 2. The van der Waals surface area contributed by atoms with E-state index >= 15 is 4.39 Å². The highest BCUT2D eigenvalue weighted by Gasteiger charge is 2.68. The highest BCUT2D eigenvalue weighted by molar-refractivity contribution is 7.93. The van der Waals surface area contributed by atoms with Crippen molar-refractivity contribution in [1.82, 2.24) is 4.90 Å². The Morgan fingerprint density at radius 3 is 2.26 bits per heavy atom. The van der Waals surface area contributed by atoms with Crippen molar-refractivity contribution in [3.05, 3.63) is 65.0 Å². The lowest BCUT2D eigenvalue weighted by Crippen LogP contribution is -2.45. The summed E-state index contributed by atoms with van der Waals surface area (Å²) in [4.78, 5) is 2.34. The lowest BCUT2D eigenvalue weighted by atomic mass is 9.86. The largest absolute Gasteiger partial charge is 0.388 e. The van der Waals surface area contributed by atoms with Gasteiger partial charge in [0.05, 0.1) is 10.9 Å². The summed E-state index contributed by atoms with van der Waals surface area (Å²) in [5, 5.41) is 10.9. The molecule has 0 spiro atoms. The molecule has 2 saturated carbocycles. The third-order valence-corrected chi connectivity index (χ3v) is 10.4. The summed E-state index contributed by atoms with van der Waals surface area (Å²) in [5.74, 6) is 0.413. The lowest BCUT2D eigenvalue weighted by molar-refractivity contribution is 0.0138. The van der Waals surface area contributed by atoms with Crippen LogP contribution in [0.3, 0.4) is 0 Å². The second kappa shape index (κ2) is 8.19. The molecule has 0 amide bonds. The number of β-amino-alcohol motifs (C(OH)–C–C–N with tert-alkyl or cyclic N) is 1. The van der Waals surface area contributed by atoms with Crippen molar-refractivity contribution in [2.24, 2.45) is 11.8 Å². The van der Waals surface area contributed by atoms with Crippen LogP contribution in [0.2, 0.25) is 0 Å². The maximum Gasteiger partial charge on any atom is 0.235 e. The van der Waals surface area contributed by atoms with Crippen LogP contribution in [0.1, 0.15) is 42.9 Å². The van der Waals surface area contributed by atoms with Crippen molar-refractivity contribution < 1.29 is 17.9 Å². The van der Waals surface area contributed by atoms with Gasteiger partial charge in [0, 0.05) is 43.6 Å². The molecule has 0 aromatic heterocycles. The Labute approximate surface area is 207 Å². The number of rotatable bonds is 7. The van der Waals surface area contributed by atoms with Crippen LogP contribution in [-0.4, -0.2) is 48.9 Å². The Bertz CT molecular complexity index is 1180. The molecule has 3 aliphatic carbocycles. The number of piperidine rings is 1. The molecule has 5 nitrogen and oxygen atoms in total. The number of benzene rings is 2. The quantitative estimate of drug-likeness (QED) is 0.597. The van der Waals surface area contributed by atoms with Gasteiger partial charge in [0.1, 0.15) is 5.82 Å². The maximum atomic E-state index is 15.0. The number of nitrogens with zero attached hydrogens (tertiary/aromatic N) is 1. The van der Waals surface area contributed by atoms with Crippen LogP contribution in [0.25, 0.3) is 0 Å². The summed E-state index contributed by atoms with van der Waals surface area (Å²) in [6.45, 7) is 4.42. The first kappa shape index (κ1) is 24.0. The molecule has 184 valence electrons. The van der Waals surface area contributed by atoms with Gasteiger partial charge in [0.2, 0.25) is 10.0 Å². The van der Waals surface area contributed by atoms with Gasteiger partial charge in [-0.25, -0.2) is 12.8 Å². The molecule has 1 aliphatic heterocycles. The first-order valence-corrected chi connectivity index (χ1v) is 13.6. The zero-order chi connectivity index (χ0) is 23.0. The van der Waals surface area contributed by atoms with Gasteiger partial charge < -0.3 is 5.11 Å². The van der Waals surface area contributed by atoms with Crippen molar-refractivity contribution in [3.8, 4) is 0 Å². The van der Waals surface area contributed by atoms with Gasteiger partial charge in [0.25, 0.3) is 0 Å². The van der Waals surface area contributed by atoms with Gasteiger partial charge in [-0.05, 0) is 66.0 Å². The average Bonchev–Trinajstić information content (AvgIpc) is 3.64. The third kappa shape index (κ3) is 3.85. The number of aliphatic hydroxyl groups is 1. The molecule has 34 heavy (non-hydrogen) atoms. The van der Waals surface area contributed by atoms with E-state index in [-0.39, 0.29) is 28.9 Å². The standard InChI is InChI=1S/C26H31FN2O3S.ClH/c1-2-26(21-11-19(7-10-24(21)27)28-33(31,32)20-8-9-20)22-14-29(15-23(22)26)16-25(30)12-17-5-3-4-6-18(17)13-25;/h3-7,10-11,20,22-23,28,30H,2,8-9,12-16H2,1H3;1H/t22-,23+,26-;. The second-order valence-electron chi connectivity index (χ2n) is 10.7. The number of anilines is 1. The summed E-state index contributed by atoms with van der Waals surface area (Å²) in [6, 6.07) is 12.9. The topological polar surface area (TPSA) is 69.6 Å². The molecular formula is C26H32ClFN2O3S. The van der Waals surface area contributed by atoms with Crippen LogP contribution < -0.4 is 4.72 Å². The Hall–Kier alpha value is -1.67. The van der Waals surface area contributed by atoms with E-state index in [0.717, 1.165) is 19.5 Å². The minimum Gasteiger partial charge on any atom is -0.388 e. The summed E-state index contributed by atoms with van der Waals surface area (Å²) in [6.07, 6.45) is 3.58. The summed E-state index contributed by atoms with van der Waals surface area (Å²) in [5.41, 5.74) is 2.60. The van der Waals surface area contributed by atoms with Crippen molar-refractivity contribution in [2.45, 2.75) is 55.3 Å². The van der Waals surface area contributed by atoms with Crippen LogP contribution in [0.4, 0.5) is 10.1 Å². The number of hydrogen-bond acceptors (Lipinski definition) is 4. The molecule has 2 N–H and O–H groups in total. The van der Waals surface area contributed by atoms with Crippen LogP contribution in [0, 0.1) is 17.7 Å². The van der Waals surface area contributed by atoms with Crippen molar-refractivity contribution in [1.29, 1.82) is 0 Å². The first-order valence-electron chi connectivity index (χ1n) is 12.1. The van der Waals surface area contributed by atoms with Gasteiger partial charge in [-0.3, -0.25) is 9.62 Å². The summed E-state index contributed by atoms with van der Waals surface area (Å²) in [7, 11) is -3.38. The third-order valence-electron chi connectivity index (χ3n) is 8.56. The smallest absolute Gasteiger partial charge is 0.235 e.